The van der Waals surface area contributed by atoms with E-state index in [1.165, 1.54) is 19.2 Å². The van der Waals surface area contributed by atoms with E-state index in [0.717, 1.165) is 12.8 Å². The predicted octanol–water partition coefficient (Wildman–Crippen LogP) is 3.08. The van der Waals surface area contributed by atoms with Gasteiger partial charge in [-0.2, -0.15) is 0 Å². The van der Waals surface area contributed by atoms with Gasteiger partial charge in [0.15, 0.2) is 11.5 Å². The number of aromatic hydroxyl groups is 1. The van der Waals surface area contributed by atoms with Crippen LogP contribution in [0.25, 0.3) is 6.08 Å². The summed E-state index contributed by atoms with van der Waals surface area (Å²) in [5, 5.41) is 20.7. The van der Waals surface area contributed by atoms with Crippen LogP contribution in [-0.2, 0) is 4.79 Å². The average molecular weight is 291 g/mol. The van der Waals surface area contributed by atoms with Gasteiger partial charge in [0.2, 0.25) is 5.75 Å². The molecule has 2 rings (SSSR count). The Morgan fingerprint density at radius 3 is 2.81 bits per heavy atom. The summed E-state index contributed by atoms with van der Waals surface area (Å²) >= 11 is 0. The molecule has 1 saturated carbocycles. The molecule has 0 aliphatic heterocycles. The number of nitro groups is 1. The second kappa shape index (κ2) is 5.95. The van der Waals surface area contributed by atoms with E-state index in [2.05, 4.69) is 0 Å². The molecule has 1 aliphatic carbocycles. The van der Waals surface area contributed by atoms with Crippen LogP contribution in [0, 0.1) is 16.0 Å². The first-order valence-electron chi connectivity index (χ1n) is 6.74. The quantitative estimate of drug-likeness (QED) is 0.525. The molecule has 0 amide bonds. The minimum Gasteiger partial charge on any atom is -0.500 e. The third-order valence-electron chi connectivity index (χ3n) is 3.68. The lowest BCUT2D eigenvalue weighted by Gasteiger charge is -2.19. The summed E-state index contributed by atoms with van der Waals surface area (Å²) in [4.78, 5) is 22.4. The highest BCUT2D eigenvalue weighted by Crippen LogP contribution is 2.38. The Morgan fingerprint density at radius 2 is 2.19 bits per heavy atom. The molecule has 0 bridgehead atoms. The van der Waals surface area contributed by atoms with Crippen molar-refractivity contribution in [2.75, 3.05) is 7.11 Å². The summed E-state index contributed by atoms with van der Waals surface area (Å²) in [6, 6.07) is 2.74. The summed E-state index contributed by atoms with van der Waals surface area (Å²) in [5.41, 5.74) is 0.710. The number of carbonyl (C=O) groups excluding carboxylic acids is 1. The molecule has 1 atom stereocenters. The Hall–Kier alpha value is -2.37. The Labute approximate surface area is 122 Å². The monoisotopic (exact) mass is 291 g/mol. The van der Waals surface area contributed by atoms with Crippen LogP contribution in [0.4, 0.5) is 5.69 Å². The fraction of sp³-hybridized carbons (Fsp3) is 0.400. The Bertz CT molecular complexity index is 621. The number of methoxy groups -OCH3 is 1. The maximum absolute atomic E-state index is 12.1. The molecule has 1 fully saturated rings. The number of hydrogen-bond acceptors (Lipinski definition) is 5. The Morgan fingerprint density at radius 1 is 1.48 bits per heavy atom. The number of nitro benzene ring substituents is 1. The highest BCUT2D eigenvalue weighted by atomic mass is 16.6. The summed E-state index contributed by atoms with van der Waals surface area (Å²) in [6.07, 6.45) is 4.11. The van der Waals surface area contributed by atoms with Crippen molar-refractivity contribution >= 4 is 17.5 Å². The first kappa shape index (κ1) is 15.0. The molecule has 112 valence electrons. The number of hydrogen-bond donors (Lipinski definition) is 1. The van der Waals surface area contributed by atoms with Crippen LogP contribution >= 0.6 is 0 Å². The van der Waals surface area contributed by atoms with Crippen LogP contribution in [-0.4, -0.2) is 22.9 Å². The number of phenolic OH excluding ortho intramolecular Hbond substituents is 1. The fourth-order valence-corrected chi connectivity index (χ4v) is 2.51. The van der Waals surface area contributed by atoms with Gasteiger partial charge in [0.1, 0.15) is 0 Å². The van der Waals surface area contributed by atoms with E-state index in [1.54, 1.807) is 6.08 Å². The molecule has 21 heavy (non-hydrogen) atoms. The van der Waals surface area contributed by atoms with Gasteiger partial charge in [0.05, 0.1) is 12.0 Å². The number of rotatable bonds is 3. The van der Waals surface area contributed by atoms with Crippen molar-refractivity contribution in [3.05, 3.63) is 33.4 Å². The zero-order valence-corrected chi connectivity index (χ0v) is 12.0. The molecule has 6 heteroatoms. The van der Waals surface area contributed by atoms with Gasteiger partial charge >= 0.3 is 5.69 Å². The highest BCUT2D eigenvalue weighted by Gasteiger charge is 2.24. The van der Waals surface area contributed by atoms with Gasteiger partial charge in [-0.15, -0.1) is 0 Å². The third-order valence-corrected chi connectivity index (χ3v) is 3.68. The lowest BCUT2D eigenvalue weighted by Crippen LogP contribution is -2.18. The largest absolute Gasteiger partial charge is 0.500 e. The minimum atomic E-state index is -0.675. The van der Waals surface area contributed by atoms with Crippen LogP contribution in [0.1, 0.15) is 31.7 Å². The third kappa shape index (κ3) is 3.04. The Balaban J connectivity index is 2.47. The van der Waals surface area contributed by atoms with Gasteiger partial charge < -0.3 is 9.84 Å². The number of carbonyl (C=O) groups is 1. The molecular weight excluding hydrogens is 274 g/mol. The van der Waals surface area contributed by atoms with Crippen LogP contribution in [0.5, 0.6) is 11.5 Å². The van der Waals surface area contributed by atoms with Crippen molar-refractivity contribution < 1.29 is 19.6 Å². The molecule has 0 radical (unpaired) electrons. The van der Waals surface area contributed by atoms with Crippen LogP contribution in [0.3, 0.4) is 0 Å². The number of benzene rings is 1. The predicted molar refractivity (Wildman–Crippen MR) is 77.3 cm³/mol. The molecule has 0 saturated heterocycles. The van der Waals surface area contributed by atoms with Crippen LogP contribution < -0.4 is 4.74 Å². The normalized spacial score (nSPS) is 20.6. The lowest BCUT2D eigenvalue weighted by molar-refractivity contribution is -0.386. The van der Waals surface area contributed by atoms with Crippen LogP contribution in [0.2, 0.25) is 0 Å². The van der Waals surface area contributed by atoms with Gasteiger partial charge in [-0.3, -0.25) is 14.9 Å². The maximum atomic E-state index is 12.1. The van der Waals surface area contributed by atoms with E-state index in [9.17, 15) is 20.0 Å². The number of phenols is 1. The first-order valence-corrected chi connectivity index (χ1v) is 6.74. The lowest BCUT2D eigenvalue weighted by atomic mass is 9.84. The van der Waals surface area contributed by atoms with Gasteiger partial charge in [0.25, 0.3) is 0 Å². The number of allylic oxidation sites excluding steroid dienone is 1. The molecular formula is C15H17NO5. The molecule has 0 heterocycles. The zero-order valence-electron chi connectivity index (χ0n) is 12.0. The summed E-state index contributed by atoms with van der Waals surface area (Å²) in [5.74, 6) is -0.421. The second-order valence-corrected chi connectivity index (χ2v) is 5.18. The fourth-order valence-electron chi connectivity index (χ4n) is 2.51. The molecule has 1 aromatic rings. The van der Waals surface area contributed by atoms with Gasteiger partial charge in [-0.1, -0.05) is 6.92 Å². The van der Waals surface area contributed by atoms with Crippen molar-refractivity contribution in [3.63, 3.8) is 0 Å². The molecule has 0 spiro atoms. The first-order chi connectivity index (χ1) is 9.93. The van der Waals surface area contributed by atoms with E-state index in [4.69, 9.17) is 4.74 Å². The van der Waals surface area contributed by atoms with Crippen molar-refractivity contribution in [2.45, 2.75) is 26.2 Å². The molecule has 6 nitrogen and oxygen atoms in total. The molecule has 0 aromatic heterocycles. The van der Waals surface area contributed by atoms with E-state index in [1.807, 2.05) is 6.92 Å². The van der Waals surface area contributed by atoms with Gasteiger partial charge in [-0.05, 0) is 42.5 Å². The van der Waals surface area contributed by atoms with Gasteiger partial charge in [-0.25, -0.2) is 0 Å². The summed E-state index contributed by atoms with van der Waals surface area (Å²) < 4.78 is 4.94. The van der Waals surface area contributed by atoms with E-state index in [0.29, 0.717) is 17.6 Å². The summed E-state index contributed by atoms with van der Waals surface area (Å²) in [7, 11) is 1.32. The second-order valence-electron chi connectivity index (χ2n) is 5.18. The number of ether oxygens (including phenoxy) is 1. The van der Waals surface area contributed by atoms with Crippen molar-refractivity contribution in [1.82, 2.24) is 0 Å². The van der Waals surface area contributed by atoms with Crippen molar-refractivity contribution in [3.8, 4) is 11.5 Å². The smallest absolute Gasteiger partial charge is 0.315 e. The topological polar surface area (TPSA) is 89.7 Å². The maximum Gasteiger partial charge on any atom is 0.315 e. The standard InChI is InChI=1S/C15H17NO5/c1-9-4-3-5-11(14(9)17)6-10-7-12(16(19)20)15(18)13(8-10)21-2/h6-9,18H,3-5H2,1-2H3/b11-6+/t9-/m0/s1. The van der Waals surface area contributed by atoms with Crippen molar-refractivity contribution in [1.29, 1.82) is 0 Å². The Kier molecular flexibility index (Phi) is 4.26. The van der Waals surface area contributed by atoms with E-state index >= 15 is 0 Å². The average Bonchev–Trinajstić information content (AvgIpc) is 2.45. The van der Waals surface area contributed by atoms with E-state index < -0.39 is 16.4 Å². The number of Topliss-reactive ketones (excluding diaryl/α,β-unsaturated/α-hetero) is 1. The van der Waals surface area contributed by atoms with Crippen LogP contribution in [0.15, 0.2) is 17.7 Å². The SMILES string of the molecule is COc1cc(/C=C2\CCC[C@H](C)C2=O)cc([N+](=O)[O-])c1O. The zero-order chi connectivity index (χ0) is 15.6. The molecule has 1 aliphatic rings. The molecule has 0 unspecified atom stereocenters. The summed E-state index contributed by atoms with van der Waals surface area (Å²) in [6.45, 7) is 1.88. The molecule has 1 aromatic carbocycles. The van der Waals surface area contributed by atoms with E-state index in [-0.39, 0.29) is 17.5 Å². The van der Waals surface area contributed by atoms with Crippen molar-refractivity contribution in [2.24, 2.45) is 5.92 Å². The number of nitrogens with zero attached hydrogens (tertiary/aromatic N) is 1. The minimum absolute atomic E-state index is 0.0148. The highest BCUT2D eigenvalue weighted by molar-refractivity contribution is 6.01. The number of ketones is 1. The van der Waals surface area contributed by atoms with Gasteiger partial charge in [0, 0.05) is 12.0 Å². The molecule has 1 N–H and O–H groups in total.